The van der Waals surface area contributed by atoms with Crippen LogP contribution in [0, 0.1) is 0 Å². The largest absolute Gasteiger partial charge is 0.495 e. The second kappa shape index (κ2) is 6.05. The van der Waals surface area contributed by atoms with Gasteiger partial charge in [0.15, 0.2) is 5.69 Å². The maximum absolute atomic E-state index is 11.7. The second-order valence-electron chi connectivity index (χ2n) is 4.26. The molecule has 0 saturated carbocycles. The Morgan fingerprint density at radius 1 is 1.43 bits per heavy atom. The first kappa shape index (κ1) is 15.2. The van der Waals surface area contributed by atoms with Gasteiger partial charge in [0.05, 0.1) is 24.9 Å². The Balaban J connectivity index is 2.60. The Labute approximate surface area is 127 Å². The first-order valence-corrected chi connectivity index (χ1v) is 6.70. The number of imidazole rings is 1. The molecule has 2 N–H and O–H groups in total. The number of ether oxygens (including phenoxy) is 2. The zero-order chi connectivity index (χ0) is 15.6. The molecule has 6 nitrogen and oxygen atoms in total. The van der Waals surface area contributed by atoms with Gasteiger partial charge in [-0.25, -0.2) is 9.78 Å². The van der Waals surface area contributed by atoms with Crippen molar-refractivity contribution in [3.05, 3.63) is 34.7 Å². The minimum Gasteiger partial charge on any atom is -0.495 e. The van der Waals surface area contributed by atoms with E-state index in [1.54, 1.807) is 29.9 Å². The Morgan fingerprint density at radius 3 is 2.67 bits per heavy atom. The number of nitrogens with two attached hydrogens (primary N) is 1. The quantitative estimate of drug-likeness (QED) is 0.878. The van der Waals surface area contributed by atoms with E-state index in [1.165, 1.54) is 7.11 Å². The molecule has 0 aliphatic carbocycles. The van der Waals surface area contributed by atoms with Gasteiger partial charge in [0.2, 0.25) is 0 Å². The molecule has 0 radical (unpaired) electrons. The number of hydrogen-bond donors (Lipinski definition) is 1. The van der Waals surface area contributed by atoms with Crippen LogP contribution in [0.15, 0.2) is 18.2 Å². The highest BCUT2D eigenvalue weighted by Crippen LogP contribution is 2.29. The van der Waals surface area contributed by atoms with Crippen LogP contribution in [0.4, 0.5) is 5.82 Å². The van der Waals surface area contributed by atoms with Crippen LogP contribution in [0.25, 0.3) is 5.69 Å². The van der Waals surface area contributed by atoms with Gasteiger partial charge in [0, 0.05) is 6.42 Å². The van der Waals surface area contributed by atoms with Gasteiger partial charge in [0.1, 0.15) is 17.4 Å². The van der Waals surface area contributed by atoms with Crippen LogP contribution in [0.3, 0.4) is 0 Å². The predicted octanol–water partition coefficient (Wildman–Crippen LogP) is 2.47. The molecule has 21 heavy (non-hydrogen) atoms. The highest BCUT2D eigenvalue weighted by molar-refractivity contribution is 6.32. The minimum absolute atomic E-state index is 0.0984. The summed E-state index contributed by atoms with van der Waals surface area (Å²) >= 11 is 6.13. The molecule has 1 aromatic heterocycles. The van der Waals surface area contributed by atoms with Crippen molar-refractivity contribution in [1.29, 1.82) is 0 Å². The number of methoxy groups -OCH3 is 2. The number of aryl methyl sites for hydroxylation is 1. The van der Waals surface area contributed by atoms with Crippen LogP contribution in [-0.4, -0.2) is 29.7 Å². The molecular weight excluding hydrogens is 294 g/mol. The predicted molar refractivity (Wildman–Crippen MR) is 80.3 cm³/mol. The van der Waals surface area contributed by atoms with Crippen LogP contribution in [0.1, 0.15) is 23.2 Å². The maximum Gasteiger partial charge on any atom is 0.360 e. The number of nitrogens with zero attached hydrogens (tertiary/aromatic N) is 2. The molecular formula is C14H16ClN3O3. The third kappa shape index (κ3) is 2.67. The molecule has 0 atom stereocenters. The van der Waals surface area contributed by atoms with Gasteiger partial charge in [-0.3, -0.25) is 4.57 Å². The van der Waals surface area contributed by atoms with E-state index in [4.69, 9.17) is 22.1 Å². The van der Waals surface area contributed by atoms with Crippen LogP contribution >= 0.6 is 11.6 Å². The summed E-state index contributed by atoms with van der Waals surface area (Å²) in [5, 5.41) is 0.449. The molecule has 112 valence electrons. The van der Waals surface area contributed by atoms with Gasteiger partial charge in [-0.2, -0.15) is 0 Å². The van der Waals surface area contributed by atoms with Crippen molar-refractivity contribution in [3.63, 3.8) is 0 Å². The number of benzene rings is 1. The number of esters is 1. The lowest BCUT2D eigenvalue weighted by Crippen LogP contribution is -2.08. The Hall–Kier alpha value is -2.21. The molecule has 0 aliphatic rings. The summed E-state index contributed by atoms with van der Waals surface area (Å²) in [4.78, 5) is 15.9. The maximum atomic E-state index is 11.7. The number of nitrogen functional groups attached to an aromatic ring is 1. The van der Waals surface area contributed by atoms with Crippen molar-refractivity contribution >= 4 is 23.4 Å². The Bertz CT molecular complexity index is 682. The lowest BCUT2D eigenvalue weighted by atomic mass is 10.3. The monoisotopic (exact) mass is 309 g/mol. The summed E-state index contributed by atoms with van der Waals surface area (Å²) in [5.74, 6) is 0.861. The van der Waals surface area contributed by atoms with E-state index in [0.29, 0.717) is 28.7 Å². The van der Waals surface area contributed by atoms with E-state index in [9.17, 15) is 4.79 Å². The molecule has 0 aliphatic heterocycles. The van der Waals surface area contributed by atoms with E-state index in [0.717, 1.165) is 0 Å². The molecule has 0 fully saturated rings. The minimum atomic E-state index is -0.569. The van der Waals surface area contributed by atoms with Crippen molar-refractivity contribution in [2.24, 2.45) is 0 Å². The van der Waals surface area contributed by atoms with E-state index in [-0.39, 0.29) is 11.5 Å². The van der Waals surface area contributed by atoms with Crippen molar-refractivity contribution in [2.45, 2.75) is 13.3 Å². The third-order valence-electron chi connectivity index (χ3n) is 3.07. The van der Waals surface area contributed by atoms with Crippen molar-refractivity contribution in [3.8, 4) is 11.4 Å². The number of carbonyl (C=O) groups excluding carboxylic acids is 1. The molecule has 0 bridgehead atoms. The molecule has 0 saturated heterocycles. The zero-order valence-electron chi connectivity index (χ0n) is 12.0. The molecule has 7 heteroatoms. The first-order chi connectivity index (χ1) is 10.0. The lowest BCUT2D eigenvalue weighted by molar-refractivity contribution is 0.0596. The third-order valence-corrected chi connectivity index (χ3v) is 3.37. The number of carbonyl (C=O) groups is 1. The Morgan fingerprint density at radius 2 is 2.14 bits per heavy atom. The van der Waals surface area contributed by atoms with Crippen molar-refractivity contribution in [2.75, 3.05) is 20.0 Å². The average Bonchev–Trinajstić information content (AvgIpc) is 2.83. The average molecular weight is 310 g/mol. The SMILES string of the molecule is CCc1nc(C(=O)OC)c(N)n1-c1ccc(OC)c(Cl)c1. The highest BCUT2D eigenvalue weighted by Gasteiger charge is 2.21. The summed E-state index contributed by atoms with van der Waals surface area (Å²) in [6.45, 7) is 1.92. The standard InChI is InChI=1S/C14H16ClN3O3/c1-4-11-17-12(14(19)21-3)13(16)18(11)8-5-6-10(20-2)9(15)7-8/h5-7H,4,16H2,1-3H3. The second-order valence-corrected chi connectivity index (χ2v) is 4.67. The molecule has 0 unspecified atom stereocenters. The zero-order valence-corrected chi connectivity index (χ0v) is 12.8. The van der Waals surface area contributed by atoms with Crippen LogP contribution < -0.4 is 10.5 Å². The fraction of sp³-hybridized carbons (Fsp3) is 0.286. The summed E-state index contributed by atoms with van der Waals surface area (Å²) in [7, 11) is 2.83. The van der Waals surface area contributed by atoms with E-state index >= 15 is 0 Å². The smallest absolute Gasteiger partial charge is 0.360 e. The van der Waals surface area contributed by atoms with Crippen LogP contribution in [-0.2, 0) is 11.2 Å². The number of rotatable bonds is 4. The molecule has 0 amide bonds. The fourth-order valence-corrected chi connectivity index (χ4v) is 2.30. The van der Waals surface area contributed by atoms with Gasteiger partial charge in [-0.1, -0.05) is 18.5 Å². The van der Waals surface area contributed by atoms with Gasteiger partial charge in [-0.05, 0) is 18.2 Å². The summed E-state index contributed by atoms with van der Waals surface area (Å²) < 4.78 is 11.5. The van der Waals surface area contributed by atoms with Gasteiger partial charge >= 0.3 is 5.97 Å². The van der Waals surface area contributed by atoms with Crippen molar-refractivity contribution < 1.29 is 14.3 Å². The number of hydrogen-bond acceptors (Lipinski definition) is 5. The van der Waals surface area contributed by atoms with Gasteiger partial charge < -0.3 is 15.2 Å². The topological polar surface area (TPSA) is 79.4 Å². The molecule has 2 aromatic rings. The molecule has 0 spiro atoms. The number of aromatic nitrogens is 2. The Kier molecular flexibility index (Phi) is 4.37. The fourth-order valence-electron chi connectivity index (χ4n) is 2.05. The van der Waals surface area contributed by atoms with Crippen LogP contribution in [0.2, 0.25) is 5.02 Å². The van der Waals surface area contributed by atoms with Crippen molar-refractivity contribution in [1.82, 2.24) is 9.55 Å². The lowest BCUT2D eigenvalue weighted by Gasteiger charge is -2.11. The van der Waals surface area contributed by atoms with E-state index in [1.807, 2.05) is 6.92 Å². The molecule has 1 aromatic carbocycles. The highest BCUT2D eigenvalue weighted by atomic mass is 35.5. The van der Waals surface area contributed by atoms with Gasteiger partial charge in [0.25, 0.3) is 0 Å². The summed E-state index contributed by atoms with van der Waals surface area (Å²) in [6.07, 6.45) is 0.602. The molecule has 1 heterocycles. The van der Waals surface area contributed by atoms with E-state index < -0.39 is 5.97 Å². The van der Waals surface area contributed by atoms with Gasteiger partial charge in [-0.15, -0.1) is 0 Å². The molecule has 2 rings (SSSR count). The van der Waals surface area contributed by atoms with Crippen LogP contribution in [0.5, 0.6) is 5.75 Å². The normalized spacial score (nSPS) is 10.5. The number of halogens is 1. The first-order valence-electron chi connectivity index (χ1n) is 6.32. The summed E-state index contributed by atoms with van der Waals surface area (Å²) in [5.41, 5.74) is 6.84. The van der Waals surface area contributed by atoms with E-state index in [2.05, 4.69) is 9.72 Å². The number of anilines is 1. The summed E-state index contributed by atoms with van der Waals surface area (Å²) in [6, 6.07) is 5.23.